The standard InChI is InChI=1S/C44H26Cl4N4.Ni/c45-29-9-1-5-25(21-29)41-33-13-15-35(49-33)42(26-6-2-10-30(46)22-26)37-17-19-39(51-37)44(28-8-4-12-32(48)24-28)40-20-18-38(52-40)43(36-16-14-34(41)50-36)27-7-3-11-31(47)23-27;/h1-24,49,52H;. The maximum absolute atomic E-state index is 6.59. The molecule has 2 N–H and O–H groups in total. The molecule has 0 fully saturated rings. The zero-order chi connectivity index (χ0) is 35.3. The molecule has 0 unspecified atom stereocenters. The van der Waals surface area contributed by atoms with Crippen molar-refractivity contribution in [3.05, 3.63) is 164 Å². The summed E-state index contributed by atoms with van der Waals surface area (Å²) in [5.41, 5.74) is 14.0. The molecule has 0 amide bonds. The summed E-state index contributed by atoms with van der Waals surface area (Å²) in [6, 6.07) is 39.7. The van der Waals surface area contributed by atoms with Crippen LogP contribution in [-0.2, 0) is 16.5 Å². The van der Waals surface area contributed by atoms with Gasteiger partial charge in [-0.25, -0.2) is 9.97 Å². The van der Waals surface area contributed by atoms with E-state index in [0.29, 0.717) is 20.1 Å². The van der Waals surface area contributed by atoms with Crippen molar-refractivity contribution in [2.45, 2.75) is 0 Å². The fourth-order valence-corrected chi connectivity index (χ4v) is 7.76. The first kappa shape index (κ1) is 35.2. The van der Waals surface area contributed by atoms with Crippen LogP contribution in [-0.4, -0.2) is 19.9 Å². The maximum Gasteiger partial charge on any atom is 0.0737 e. The Balaban J connectivity index is 0.00000400. The van der Waals surface area contributed by atoms with Gasteiger partial charge in [-0.3, -0.25) is 0 Å². The van der Waals surface area contributed by atoms with E-state index >= 15 is 0 Å². The minimum absolute atomic E-state index is 0. The Hall–Kier alpha value is -4.87. The fraction of sp³-hybridized carbons (Fsp3) is 0. The molecule has 0 aliphatic carbocycles. The maximum atomic E-state index is 6.59. The molecule has 4 nitrogen and oxygen atoms in total. The van der Waals surface area contributed by atoms with Gasteiger partial charge in [0, 0.05) is 80.9 Å². The number of rotatable bonds is 4. The van der Waals surface area contributed by atoms with Crippen molar-refractivity contribution in [3.63, 3.8) is 0 Å². The van der Waals surface area contributed by atoms with Gasteiger partial charge in [0.05, 0.1) is 22.8 Å². The van der Waals surface area contributed by atoms with E-state index in [0.717, 1.165) is 89.4 Å². The molecule has 3 aromatic heterocycles. The number of aromatic nitrogens is 4. The summed E-state index contributed by atoms with van der Waals surface area (Å²) < 4.78 is 0. The SMILES string of the molecule is Clc1cccc(-c2c3nc(c(-c4cccc(Cl)c4)c4ccc([nH]4)c(-c4cccc(Cl)c4)c4nc(c(-c5cccc(Cl)c5)c5ccc2[nH]5)C=C4)C=C3)c1.[Ni]. The minimum Gasteiger partial charge on any atom is -0.354 e. The Bertz CT molecular complexity index is 2440. The second kappa shape index (κ2) is 14.5. The van der Waals surface area contributed by atoms with E-state index < -0.39 is 0 Å². The molecule has 0 spiro atoms. The third-order valence-electron chi connectivity index (χ3n) is 9.21. The van der Waals surface area contributed by atoms with E-state index in [9.17, 15) is 0 Å². The van der Waals surface area contributed by atoms with Crippen molar-refractivity contribution < 1.29 is 16.5 Å². The van der Waals surface area contributed by atoms with Crippen molar-refractivity contribution in [1.82, 2.24) is 19.9 Å². The predicted octanol–water partition coefficient (Wildman–Crippen LogP) is 13.9. The summed E-state index contributed by atoms with van der Waals surface area (Å²) in [4.78, 5) is 18.1. The van der Waals surface area contributed by atoms with Crippen LogP contribution in [0.3, 0.4) is 0 Å². The molecular formula is C44H26Cl4N4Ni. The Kier molecular flexibility index (Phi) is 9.63. The van der Waals surface area contributed by atoms with Gasteiger partial charge < -0.3 is 9.97 Å². The van der Waals surface area contributed by atoms with Crippen LogP contribution >= 0.6 is 46.4 Å². The summed E-state index contributed by atoms with van der Waals surface area (Å²) in [5.74, 6) is 0. The van der Waals surface area contributed by atoms with Crippen LogP contribution in [0.25, 0.3) is 90.9 Å². The van der Waals surface area contributed by atoms with Crippen molar-refractivity contribution in [2.24, 2.45) is 0 Å². The number of aromatic amines is 2. The van der Waals surface area contributed by atoms with Crippen LogP contribution in [0.4, 0.5) is 0 Å². The number of nitrogens with zero attached hydrogens (tertiary/aromatic N) is 2. The zero-order valence-electron chi connectivity index (χ0n) is 27.6. The first-order chi connectivity index (χ1) is 25.4. The molecule has 0 radical (unpaired) electrons. The van der Waals surface area contributed by atoms with Gasteiger partial charge in [-0.15, -0.1) is 0 Å². The fourth-order valence-electron chi connectivity index (χ4n) is 7.00. The molecule has 9 rings (SSSR count). The summed E-state index contributed by atoms with van der Waals surface area (Å²) in [5, 5.41) is 2.53. The van der Waals surface area contributed by atoms with Crippen LogP contribution in [0.5, 0.6) is 0 Å². The molecule has 2 aliphatic heterocycles. The van der Waals surface area contributed by atoms with Gasteiger partial charge in [0.25, 0.3) is 0 Å². The molecule has 0 saturated carbocycles. The Morgan fingerprint density at radius 2 is 0.585 bits per heavy atom. The average Bonchev–Trinajstić information content (AvgIpc) is 3.96. The Morgan fingerprint density at radius 1 is 0.340 bits per heavy atom. The molecule has 2 aliphatic rings. The molecule has 0 saturated heterocycles. The van der Waals surface area contributed by atoms with Gasteiger partial charge >= 0.3 is 0 Å². The first-order valence-corrected chi connectivity index (χ1v) is 18.1. The number of H-pyrrole nitrogens is 2. The Morgan fingerprint density at radius 3 is 0.811 bits per heavy atom. The minimum atomic E-state index is 0. The molecule has 7 aromatic rings. The van der Waals surface area contributed by atoms with Crippen LogP contribution in [0, 0.1) is 0 Å². The summed E-state index contributed by atoms with van der Waals surface area (Å²) >= 11 is 26.3. The van der Waals surface area contributed by atoms with Crippen molar-refractivity contribution in [2.75, 3.05) is 0 Å². The van der Waals surface area contributed by atoms with Crippen molar-refractivity contribution in [3.8, 4) is 44.5 Å². The third-order valence-corrected chi connectivity index (χ3v) is 10.1. The predicted molar refractivity (Wildman–Crippen MR) is 221 cm³/mol. The van der Waals surface area contributed by atoms with Gasteiger partial charge in [-0.1, -0.05) is 94.9 Å². The van der Waals surface area contributed by atoms with Gasteiger partial charge in [0.1, 0.15) is 0 Å². The second-order valence-electron chi connectivity index (χ2n) is 12.5. The average molecular weight is 811 g/mol. The summed E-state index contributed by atoms with van der Waals surface area (Å²) in [7, 11) is 0. The molecule has 260 valence electrons. The van der Waals surface area contributed by atoms with Crippen molar-refractivity contribution >= 4 is 92.8 Å². The van der Waals surface area contributed by atoms with E-state index in [2.05, 4.69) is 34.2 Å². The molecule has 53 heavy (non-hydrogen) atoms. The number of benzene rings is 4. The molecule has 0 atom stereocenters. The van der Waals surface area contributed by atoms with Gasteiger partial charge in [0.2, 0.25) is 0 Å². The number of hydrogen-bond donors (Lipinski definition) is 2. The normalized spacial score (nSPS) is 11.8. The monoisotopic (exact) mass is 808 g/mol. The molecule has 4 aromatic carbocycles. The molecule has 9 heteroatoms. The van der Waals surface area contributed by atoms with Crippen LogP contribution in [0.15, 0.2) is 121 Å². The van der Waals surface area contributed by atoms with Gasteiger partial charge in [-0.05, 0) is 119 Å². The second-order valence-corrected chi connectivity index (χ2v) is 14.3. The Labute approximate surface area is 335 Å². The van der Waals surface area contributed by atoms with Crippen LogP contribution in [0.2, 0.25) is 20.1 Å². The largest absolute Gasteiger partial charge is 0.354 e. The van der Waals surface area contributed by atoms with E-state index in [-0.39, 0.29) is 16.5 Å². The number of nitrogens with one attached hydrogen (secondary N) is 2. The van der Waals surface area contributed by atoms with Crippen molar-refractivity contribution in [1.29, 1.82) is 0 Å². The van der Waals surface area contributed by atoms with E-state index in [1.165, 1.54) is 0 Å². The smallest absolute Gasteiger partial charge is 0.0737 e. The molecule has 8 bridgehead atoms. The molecular weight excluding hydrogens is 785 g/mol. The topological polar surface area (TPSA) is 57.4 Å². The van der Waals surface area contributed by atoms with Crippen LogP contribution in [0.1, 0.15) is 22.8 Å². The first-order valence-electron chi connectivity index (χ1n) is 16.6. The zero-order valence-corrected chi connectivity index (χ0v) is 31.6. The summed E-state index contributed by atoms with van der Waals surface area (Å²) in [6.07, 6.45) is 8.20. The van der Waals surface area contributed by atoms with Gasteiger partial charge in [-0.2, -0.15) is 0 Å². The number of halogens is 4. The van der Waals surface area contributed by atoms with E-state index in [4.69, 9.17) is 56.4 Å². The number of fused-ring (bicyclic) bond motifs is 8. The van der Waals surface area contributed by atoms with E-state index in [1.807, 2.05) is 121 Å². The van der Waals surface area contributed by atoms with Crippen LogP contribution < -0.4 is 0 Å². The summed E-state index contributed by atoms with van der Waals surface area (Å²) in [6.45, 7) is 0. The third kappa shape index (κ3) is 6.76. The van der Waals surface area contributed by atoms with Gasteiger partial charge in [0.15, 0.2) is 0 Å². The van der Waals surface area contributed by atoms with E-state index in [1.54, 1.807) is 0 Å². The number of hydrogen-bond acceptors (Lipinski definition) is 2. The molecule has 5 heterocycles. The quantitative estimate of drug-likeness (QED) is 0.174.